The van der Waals surface area contributed by atoms with Gasteiger partial charge in [0.15, 0.2) is 0 Å². The summed E-state index contributed by atoms with van der Waals surface area (Å²) in [6.07, 6.45) is 0. The minimum absolute atomic E-state index is 0.151. The van der Waals surface area contributed by atoms with Crippen molar-refractivity contribution in [2.75, 3.05) is 7.11 Å². The van der Waals surface area contributed by atoms with Crippen molar-refractivity contribution in [1.29, 1.82) is 0 Å². The molecule has 2 N–H and O–H groups in total. The summed E-state index contributed by atoms with van der Waals surface area (Å²) in [7, 11) is 1.59. The van der Waals surface area contributed by atoms with E-state index in [2.05, 4.69) is 15.9 Å². The molecule has 0 amide bonds. The van der Waals surface area contributed by atoms with Crippen LogP contribution < -0.4 is 15.2 Å². The molecule has 0 aliphatic carbocycles. The highest BCUT2D eigenvalue weighted by atomic mass is 79.9. The summed E-state index contributed by atoms with van der Waals surface area (Å²) in [5, 5.41) is 0. The van der Waals surface area contributed by atoms with E-state index in [1.165, 1.54) is 6.07 Å². The van der Waals surface area contributed by atoms with Gasteiger partial charge in [0.1, 0.15) is 23.9 Å². The fraction of sp³-hybridized carbons (Fsp3) is 0.200. The van der Waals surface area contributed by atoms with Crippen molar-refractivity contribution >= 4 is 15.9 Å². The number of ether oxygens (including phenoxy) is 2. The molecule has 0 fully saturated rings. The fourth-order valence-electron chi connectivity index (χ4n) is 1.78. The molecular weight excluding hydrogens is 325 g/mol. The van der Waals surface area contributed by atoms with Crippen LogP contribution in [-0.2, 0) is 13.2 Å². The maximum absolute atomic E-state index is 13.7. The Hall–Kier alpha value is -1.59. The van der Waals surface area contributed by atoms with Crippen LogP contribution in [0.15, 0.2) is 40.9 Å². The van der Waals surface area contributed by atoms with Crippen LogP contribution in [0, 0.1) is 5.82 Å². The summed E-state index contributed by atoms with van der Waals surface area (Å²) >= 11 is 3.22. The Bertz CT molecular complexity index is 604. The van der Waals surface area contributed by atoms with Crippen LogP contribution in [0.3, 0.4) is 0 Å². The first-order valence-corrected chi connectivity index (χ1v) is 6.87. The van der Waals surface area contributed by atoms with Gasteiger partial charge in [-0.25, -0.2) is 4.39 Å². The first-order chi connectivity index (χ1) is 9.63. The van der Waals surface area contributed by atoms with Crippen LogP contribution in [0.5, 0.6) is 11.5 Å². The average Bonchev–Trinajstić information content (AvgIpc) is 2.46. The van der Waals surface area contributed by atoms with Crippen LogP contribution in [0.2, 0.25) is 0 Å². The number of nitrogens with two attached hydrogens (primary N) is 1. The van der Waals surface area contributed by atoms with Gasteiger partial charge < -0.3 is 15.2 Å². The summed E-state index contributed by atoms with van der Waals surface area (Å²) in [6.45, 7) is 0.480. The van der Waals surface area contributed by atoms with Gasteiger partial charge in [-0.15, -0.1) is 0 Å². The zero-order valence-corrected chi connectivity index (χ0v) is 12.6. The lowest BCUT2D eigenvalue weighted by atomic mass is 10.2. The molecule has 0 saturated heterocycles. The molecule has 0 radical (unpaired) electrons. The van der Waals surface area contributed by atoms with E-state index in [0.717, 1.165) is 5.56 Å². The second-order valence-electron chi connectivity index (χ2n) is 4.20. The van der Waals surface area contributed by atoms with Crippen LogP contribution >= 0.6 is 15.9 Å². The lowest BCUT2D eigenvalue weighted by Crippen LogP contribution is -2.04. The molecule has 0 saturated carbocycles. The van der Waals surface area contributed by atoms with Crippen molar-refractivity contribution in [3.63, 3.8) is 0 Å². The van der Waals surface area contributed by atoms with Crippen molar-refractivity contribution in [2.45, 2.75) is 13.2 Å². The van der Waals surface area contributed by atoms with E-state index in [4.69, 9.17) is 15.2 Å². The van der Waals surface area contributed by atoms with E-state index in [1.54, 1.807) is 31.4 Å². The third-order valence-corrected chi connectivity index (χ3v) is 3.38. The van der Waals surface area contributed by atoms with Gasteiger partial charge in [-0.3, -0.25) is 0 Å². The number of rotatable bonds is 5. The molecule has 0 spiro atoms. The molecule has 5 heteroatoms. The summed E-state index contributed by atoms with van der Waals surface area (Å²) in [4.78, 5) is 0. The second kappa shape index (κ2) is 6.72. The molecule has 2 aromatic rings. The van der Waals surface area contributed by atoms with Gasteiger partial charge in [-0.2, -0.15) is 0 Å². The standard InChI is InChI=1S/C15H15BrFNO2/c1-19-13-4-5-15(11(6-13)8-18)20-9-10-2-3-12(16)7-14(10)17/h2-7H,8-9,18H2,1H3. The lowest BCUT2D eigenvalue weighted by Gasteiger charge is -2.12. The maximum Gasteiger partial charge on any atom is 0.130 e. The topological polar surface area (TPSA) is 44.5 Å². The van der Waals surface area contributed by atoms with E-state index in [1.807, 2.05) is 6.07 Å². The van der Waals surface area contributed by atoms with Gasteiger partial charge in [0.2, 0.25) is 0 Å². The second-order valence-corrected chi connectivity index (χ2v) is 5.12. The third-order valence-electron chi connectivity index (χ3n) is 2.89. The molecule has 0 heterocycles. The van der Waals surface area contributed by atoms with Gasteiger partial charge >= 0.3 is 0 Å². The Morgan fingerprint density at radius 3 is 2.60 bits per heavy atom. The molecule has 0 aromatic heterocycles. The SMILES string of the molecule is COc1ccc(OCc2ccc(Br)cc2F)c(CN)c1. The highest BCUT2D eigenvalue weighted by Gasteiger charge is 2.07. The van der Waals surface area contributed by atoms with Gasteiger partial charge in [0.25, 0.3) is 0 Å². The number of hydrogen-bond acceptors (Lipinski definition) is 3. The smallest absolute Gasteiger partial charge is 0.130 e. The highest BCUT2D eigenvalue weighted by molar-refractivity contribution is 9.10. The number of halogens is 2. The minimum Gasteiger partial charge on any atom is -0.497 e. The molecule has 106 valence electrons. The first-order valence-electron chi connectivity index (χ1n) is 6.07. The highest BCUT2D eigenvalue weighted by Crippen LogP contribution is 2.25. The normalized spacial score (nSPS) is 10.4. The van der Waals surface area contributed by atoms with Crippen LogP contribution in [0.4, 0.5) is 4.39 Å². The molecule has 0 unspecified atom stereocenters. The summed E-state index contributed by atoms with van der Waals surface area (Å²) in [6, 6.07) is 10.2. The average molecular weight is 340 g/mol. The summed E-state index contributed by atoms with van der Waals surface area (Å²) in [5.74, 6) is 1.05. The van der Waals surface area contributed by atoms with Crippen molar-refractivity contribution in [3.05, 3.63) is 57.8 Å². The van der Waals surface area contributed by atoms with E-state index in [-0.39, 0.29) is 12.4 Å². The van der Waals surface area contributed by atoms with E-state index in [0.29, 0.717) is 28.1 Å². The molecule has 0 bridgehead atoms. The Morgan fingerprint density at radius 2 is 1.95 bits per heavy atom. The Balaban J connectivity index is 2.14. The molecule has 0 atom stereocenters. The Morgan fingerprint density at radius 1 is 1.15 bits per heavy atom. The molecule has 0 aliphatic rings. The molecule has 3 nitrogen and oxygen atoms in total. The van der Waals surface area contributed by atoms with E-state index in [9.17, 15) is 4.39 Å². The van der Waals surface area contributed by atoms with Crippen molar-refractivity contribution in [3.8, 4) is 11.5 Å². The van der Waals surface area contributed by atoms with Gasteiger partial charge in [0, 0.05) is 22.1 Å². The number of hydrogen-bond donors (Lipinski definition) is 1. The predicted octanol–water partition coefficient (Wildman–Crippen LogP) is 3.63. The first kappa shape index (κ1) is 14.8. The zero-order valence-electron chi connectivity index (χ0n) is 11.0. The maximum atomic E-state index is 13.7. The fourth-order valence-corrected chi connectivity index (χ4v) is 2.11. The molecule has 2 aromatic carbocycles. The number of methoxy groups -OCH3 is 1. The van der Waals surface area contributed by atoms with Gasteiger partial charge in [-0.05, 0) is 30.3 Å². The summed E-state index contributed by atoms with van der Waals surface area (Å²) < 4.78 is 25.2. The predicted molar refractivity (Wildman–Crippen MR) is 79.3 cm³/mol. The van der Waals surface area contributed by atoms with E-state index >= 15 is 0 Å². The van der Waals surface area contributed by atoms with Crippen molar-refractivity contribution < 1.29 is 13.9 Å². The minimum atomic E-state index is -0.304. The van der Waals surface area contributed by atoms with Gasteiger partial charge in [-0.1, -0.05) is 22.0 Å². The van der Waals surface area contributed by atoms with Crippen LogP contribution in [-0.4, -0.2) is 7.11 Å². The Labute approximate surface area is 125 Å². The lowest BCUT2D eigenvalue weighted by molar-refractivity contribution is 0.296. The third kappa shape index (κ3) is 3.49. The van der Waals surface area contributed by atoms with Crippen LogP contribution in [0.25, 0.3) is 0 Å². The van der Waals surface area contributed by atoms with Crippen molar-refractivity contribution in [2.24, 2.45) is 5.73 Å². The van der Waals surface area contributed by atoms with Gasteiger partial charge in [0.05, 0.1) is 7.11 Å². The van der Waals surface area contributed by atoms with Crippen LogP contribution in [0.1, 0.15) is 11.1 Å². The largest absolute Gasteiger partial charge is 0.497 e. The quantitative estimate of drug-likeness (QED) is 0.904. The molecule has 2 rings (SSSR count). The summed E-state index contributed by atoms with van der Waals surface area (Å²) in [5.41, 5.74) is 6.99. The molecular formula is C15H15BrFNO2. The molecule has 20 heavy (non-hydrogen) atoms. The monoisotopic (exact) mass is 339 g/mol. The Kier molecular flexibility index (Phi) is 4.98. The van der Waals surface area contributed by atoms with E-state index < -0.39 is 0 Å². The van der Waals surface area contributed by atoms with Crippen molar-refractivity contribution in [1.82, 2.24) is 0 Å². The molecule has 0 aliphatic heterocycles. The zero-order chi connectivity index (χ0) is 14.5. The number of benzene rings is 2.